The van der Waals surface area contributed by atoms with E-state index in [1.807, 2.05) is 73.9 Å². The fraction of sp³-hybridized carbons (Fsp3) is 0.176. The maximum Gasteiger partial charge on any atom is 0.265 e. The third kappa shape index (κ3) is 4.69. The molecule has 0 radical (unpaired) electrons. The highest BCUT2D eigenvalue weighted by atomic mass is 35.5. The number of halogens is 2. The van der Waals surface area contributed by atoms with Crippen LogP contribution in [0.2, 0.25) is 10.0 Å². The maximum absolute atomic E-state index is 14.6. The number of hydrogen-bond donors (Lipinski definition) is 1. The first kappa shape index (κ1) is 27.1. The molecule has 0 unspecified atom stereocenters. The number of aliphatic hydroxyl groups is 1. The van der Waals surface area contributed by atoms with E-state index >= 15 is 0 Å². The number of ketones is 1. The first-order chi connectivity index (χ1) is 19.6. The van der Waals surface area contributed by atoms with Gasteiger partial charge in [-0.1, -0.05) is 67.4 Å². The first-order valence-electron chi connectivity index (χ1n) is 13.4. The molecule has 5 aromatic rings. The number of aliphatic hydroxyl groups excluding tert-OH is 1. The second-order valence-electron chi connectivity index (χ2n) is 11.3. The number of allylic oxidation sites excluding steroid dienone is 2. The van der Waals surface area contributed by atoms with Gasteiger partial charge in [-0.05, 0) is 72.5 Å². The quantitative estimate of drug-likeness (QED) is 0.230. The number of fused-ring (bicyclic) bond motifs is 1. The molecule has 0 bridgehead atoms. The van der Waals surface area contributed by atoms with Gasteiger partial charge in [-0.15, -0.1) is 0 Å². The number of hydrogen-bond acceptors (Lipinski definition) is 3. The van der Waals surface area contributed by atoms with Crippen molar-refractivity contribution < 1.29 is 9.90 Å². The molecule has 0 amide bonds. The Hall–Kier alpha value is -4.06. The summed E-state index contributed by atoms with van der Waals surface area (Å²) in [5.74, 6) is -0.194. The van der Waals surface area contributed by atoms with Crippen molar-refractivity contribution in [3.8, 4) is 22.6 Å². The van der Waals surface area contributed by atoms with Gasteiger partial charge in [-0.25, -0.2) is 0 Å². The fourth-order valence-electron chi connectivity index (χ4n) is 5.93. The Morgan fingerprint density at radius 1 is 0.780 bits per heavy atom. The average molecular weight is 584 g/mol. The molecular weight excluding hydrogens is 555 g/mol. The van der Waals surface area contributed by atoms with Gasteiger partial charge in [0.25, 0.3) is 5.56 Å². The maximum atomic E-state index is 14.6. The summed E-state index contributed by atoms with van der Waals surface area (Å²) < 4.78 is 3.61. The standard InChI is InChI=1S/C34H28Cl2N2O3/c1-20-17-26-29(33(41)37(20)24-13-9-22(35)10-14-24)31(30-27(39)18-34(2,3)19-28(30)40)32(21-7-5-4-6-8-21)38(26)25-15-11-23(36)12-16-25/h4-17,39H,18-19H2,1-3H3. The van der Waals surface area contributed by atoms with Crippen LogP contribution in [0.4, 0.5) is 0 Å². The van der Waals surface area contributed by atoms with Gasteiger partial charge in [0.05, 0.1) is 22.2 Å². The molecule has 2 heterocycles. The van der Waals surface area contributed by atoms with Crippen LogP contribution in [0.25, 0.3) is 39.1 Å². The number of rotatable bonds is 4. The number of Topliss-reactive ketones (excluding diaryl/α,β-unsaturated/α-hetero) is 1. The van der Waals surface area contributed by atoms with Gasteiger partial charge in [-0.3, -0.25) is 14.2 Å². The van der Waals surface area contributed by atoms with Gasteiger partial charge >= 0.3 is 0 Å². The molecule has 0 spiro atoms. The first-order valence-corrected chi connectivity index (χ1v) is 14.2. The Balaban J connectivity index is 1.83. The smallest absolute Gasteiger partial charge is 0.265 e. The molecular formula is C34H28Cl2N2O3. The van der Waals surface area contributed by atoms with E-state index in [-0.39, 0.29) is 29.1 Å². The van der Waals surface area contributed by atoms with E-state index in [0.717, 1.165) is 11.3 Å². The second-order valence-corrected chi connectivity index (χ2v) is 12.2. The zero-order valence-corrected chi connectivity index (χ0v) is 24.4. The molecule has 0 atom stereocenters. The zero-order valence-electron chi connectivity index (χ0n) is 22.9. The van der Waals surface area contributed by atoms with E-state index in [2.05, 4.69) is 0 Å². The van der Waals surface area contributed by atoms with Crippen molar-refractivity contribution in [1.82, 2.24) is 9.13 Å². The highest BCUT2D eigenvalue weighted by Gasteiger charge is 2.38. The van der Waals surface area contributed by atoms with Crippen LogP contribution in [0.1, 0.15) is 37.9 Å². The topological polar surface area (TPSA) is 64.2 Å². The average Bonchev–Trinajstić information content (AvgIpc) is 3.24. The Morgan fingerprint density at radius 2 is 1.34 bits per heavy atom. The van der Waals surface area contributed by atoms with Crippen molar-refractivity contribution in [2.75, 3.05) is 0 Å². The molecule has 1 N–H and O–H groups in total. The number of nitrogens with zero attached hydrogens (tertiary/aromatic N) is 2. The van der Waals surface area contributed by atoms with E-state index in [1.54, 1.807) is 41.0 Å². The lowest BCUT2D eigenvalue weighted by Crippen LogP contribution is -2.26. The molecule has 0 aliphatic heterocycles. The van der Waals surface area contributed by atoms with Crippen molar-refractivity contribution in [2.24, 2.45) is 5.41 Å². The highest BCUT2D eigenvalue weighted by molar-refractivity contribution is 6.31. The minimum Gasteiger partial charge on any atom is -0.512 e. The van der Waals surface area contributed by atoms with Crippen LogP contribution in [0.3, 0.4) is 0 Å². The summed E-state index contributed by atoms with van der Waals surface area (Å²) in [6.45, 7) is 5.80. The third-order valence-electron chi connectivity index (χ3n) is 7.64. The van der Waals surface area contributed by atoms with E-state index < -0.39 is 5.41 Å². The molecule has 206 valence electrons. The highest BCUT2D eigenvalue weighted by Crippen LogP contribution is 2.46. The lowest BCUT2D eigenvalue weighted by Gasteiger charge is -2.30. The van der Waals surface area contributed by atoms with E-state index in [4.69, 9.17) is 23.2 Å². The summed E-state index contributed by atoms with van der Waals surface area (Å²) in [5.41, 5.74) is 4.17. The number of aryl methyl sites for hydroxylation is 1. The predicted octanol–water partition coefficient (Wildman–Crippen LogP) is 8.72. The largest absolute Gasteiger partial charge is 0.512 e. The Morgan fingerprint density at radius 3 is 1.90 bits per heavy atom. The molecule has 0 saturated heterocycles. The summed E-state index contributed by atoms with van der Waals surface area (Å²) >= 11 is 12.4. The third-order valence-corrected chi connectivity index (χ3v) is 8.15. The van der Waals surface area contributed by atoms with E-state index in [0.29, 0.717) is 50.0 Å². The van der Waals surface area contributed by atoms with Gasteiger partial charge in [0.2, 0.25) is 0 Å². The molecule has 6 rings (SSSR count). The monoisotopic (exact) mass is 582 g/mol. The predicted molar refractivity (Wildman–Crippen MR) is 167 cm³/mol. The van der Waals surface area contributed by atoms with Crippen molar-refractivity contribution >= 4 is 45.5 Å². The summed E-state index contributed by atoms with van der Waals surface area (Å²) in [5, 5.41) is 12.9. The van der Waals surface area contributed by atoms with E-state index in [1.165, 1.54) is 0 Å². The number of benzene rings is 3. The van der Waals surface area contributed by atoms with Gasteiger partial charge in [0.15, 0.2) is 5.78 Å². The van der Waals surface area contributed by atoms with Crippen LogP contribution in [-0.4, -0.2) is 20.0 Å². The van der Waals surface area contributed by atoms with Crippen molar-refractivity contribution in [3.05, 3.63) is 122 Å². The number of pyridine rings is 1. The summed E-state index contributed by atoms with van der Waals surface area (Å²) in [7, 11) is 0. The minimum atomic E-state index is -0.397. The lowest BCUT2D eigenvalue weighted by atomic mass is 9.74. The number of carbonyl (C=O) groups is 1. The molecule has 3 aromatic carbocycles. The zero-order chi connectivity index (χ0) is 29.1. The van der Waals surface area contributed by atoms with Crippen LogP contribution in [0.15, 0.2) is 95.5 Å². The fourth-order valence-corrected chi connectivity index (χ4v) is 6.18. The van der Waals surface area contributed by atoms with Crippen LogP contribution < -0.4 is 5.56 Å². The van der Waals surface area contributed by atoms with Gasteiger partial charge < -0.3 is 9.67 Å². The number of carbonyl (C=O) groups excluding carboxylic acids is 1. The molecule has 0 saturated carbocycles. The summed E-state index contributed by atoms with van der Waals surface area (Å²) in [6, 6.07) is 26.0. The Labute approximate surface area is 247 Å². The van der Waals surface area contributed by atoms with Crippen LogP contribution in [0, 0.1) is 12.3 Å². The normalized spacial score (nSPS) is 15.1. The Kier molecular flexibility index (Phi) is 6.68. The molecule has 41 heavy (non-hydrogen) atoms. The van der Waals surface area contributed by atoms with Crippen LogP contribution in [0.5, 0.6) is 0 Å². The summed E-state index contributed by atoms with van der Waals surface area (Å²) in [6.07, 6.45) is 0.582. The minimum absolute atomic E-state index is 0.00314. The summed E-state index contributed by atoms with van der Waals surface area (Å²) in [4.78, 5) is 28.4. The second kappa shape index (κ2) is 10.1. The van der Waals surface area contributed by atoms with Crippen LogP contribution >= 0.6 is 23.2 Å². The molecule has 5 nitrogen and oxygen atoms in total. The van der Waals surface area contributed by atoms with Crippen molar-refractivity contribution in [2.45, 2.75) is 33.6 Å². The molecule has 7 heteroatoms. The molecule has 0 fully saturated rings. The molecule has 2 aromatic heterocycles. The molecule has 1 aliphatic rings. The lowest BCUT2D eigenvalue weighted by molar-refractivity contribution is -0.116. The van der Waals surface area contributed by atoms with Gasteiger partial charge in [-0.2, -0.15) is 0 Å². The molecule has 1 aliphatic carbocycles. The van der Waals surface area contributed by atoms with Crippen molar-refractivity contribution in [1.29, 1.82) is 0 Å². The SMILES string of the molecule is Cc1cc2c(c(C3=C(O)CC(C)(C)CC3=O)c(-c3ccccc3)n2-c2ccc(Cl)cc2)c(=O)n1-c1ccc(Cl)cc1. The Bertz CT molecular complexity index is 1910. The van der Waals surface area contributed by atoms with E-state index in [9.17, 15) is 14.7 Å². The van der Waals surface area contributed by atoms with Crippen LogP contribution in [-0.2, 0) is 4.79 Å². The van der Waals surface area contributed by atoms with Gasteiger partial charge in [0.1, 0.15) is 5.76 Å². The number of aromatic nitrogens is 2. The van der Waals surface area contributed by atoms with Crippen molar-refractivity contribution in [3.63, 3.8) is 0 Å². The van der Waals surface area contributed by atoms with Gasteiger partial charge in [0, 0.05) is 45.5 Å².